The molecule has 2 N–H and O–H groups in total. The Morgan fingerprint density at radius 3 is 2.64 bits per heavy atom. The number of nitrogens with zero attached hydrogens (tertiary/aromatic N) is 3. The monoisotopic (exact) mass is 393 g/mol. The molecule has 1 aliphatic rings. The van der Waals surface area contributed by atoms with Crippen LogP contribution in [0.3, 0.4) is 0 Å². The van der Waals surface area contributed by atoms with Gasteiger partial charge in [-0.15, -0.1) is 0 Å². The van der Waals surface area contributed by atoms with E-state index < -0.39 is 0 Å². The van der Waals surface area contributed by atoms with Crippen LogP contribution in [0.25, 0.3) is 0 Å². The van der Waals surface area contributed by atoms with Gasteiger partial charge in [-0.2, -0.15) is 0 Å². The number of rotatable bonds is 5. The smallest absolute Gasteiger partial charge is 0.223 e. The van der Waals surface area contributed by atoms with Gasteiger partial charge in [0.05, 0.1) is 5.69 Å². The van der Waals surface area contributed by atoms with Gasteiger partial charge in [-0.3, -0.25) is 4.98 Å². The summed E-state index contributed by atoms with van der Waals surface area (Å²) in [6, 6.07) is 14.2. The van der Waals surface area contributed by atoms with E-state index in [0.29, 0.717) is 12.5 Å². The Balaban J connectivity index is 1.65. The normalized spacial score (nSPS) is 15.9. The Bertz CT molecular complexity index is 953. The minimum atomic E-state index is -0.198. The van der Waals surface area contributed by atoms with Gasteiger partial charge < -0.3 is 10.6 Å². The second-order valence-corrected chi connectivity index (χ2v) is 7.64. The number of aromatic nitrogens is 3. The van der Waals surface area contributed by atoms with E-state index in [4.69, 9.17) is 16.6 Å². The highest BCUT2D eigenvalue weighted by Gasteiger charge is 2.38. The maximum Gasteiger partial charge on any atom is 0.223 e. The molecule has 5 nitrogen and oxygen atoms in total. The summed E-state index contributed by atoms with van der Waals surface area (Å²) >= 11 is 6.61. The van der Waals surface area contributed by atoms with E-state index in [9.17, 15) is 0 Å². The van der Waals surface area contributed by atoms with E-state index in [1.165, 1.54) is 0 Å². The summed E-state index contributed by atoms with van der Waals surface area (Å²) in [4.78, 5) is 13.6. The number of pyridine rings is 1. The molecule has 28 heavy (non-hydrogen) atoms. The summed E-state index contributed by atoms with van der Waals surface area (Å²) in [5.41, 5.74) is 4.12. The van der Waals surface area contributed by atoms with E-state index >= 15 is 0 Å². The minimum Gasteiger partial charge on any atom is -0.350 e. The first kappa shape index (κ1) is 18.8. The maximum absolute atomic E-state index is 6.61. The van der Waals surface area contributed by atoms with Crippen LogP contribution in [0.15, 0.2) is 54.9 Å². The fraction of sp³-hybridized carbons (Fsp3) is 0.318. The lowest BCUT2D eigenvalue weighted by Crippen LogP contribution is -2.41. The molecule has 144 valence electrons. The Kier molecular flexibility index (Phi) is 5.55. The van der Waals surface area contributed by atoms with E-state index in [-0.39, 0.29) is 5.41 Å². The molecule has 1 aliphatic heterocycles. The molecule has 0 aliphatic carbocycles. The molecule has 1 saturated heterocycles. The Labute approximate surface area is 170 Å². The van der Waals surface area contributed by atoms with Crippen molar-refractivity contribution in [1.29, 1.82) is 0 Å². The molecule has 0 unspecified atom stereocenters. The van der Waals surface area contributed by atoms with Crippen LogP contribution < -0.4 is 10.6 Å². The number of aryl methyl sites for hydroxylation is 1. The zero-order valence-electron chi connectivity index (χ0n) is 16.0. The minimum absolute atomic E-state index is 0.198. The molecule has 2 aromatic heterocycles. The Hall–Kier alpha value is -2.50. The van der Waals surface area contributed by atoms with Gasteiger partial charge in [0.2, 0.25) is 5.95 Å². The van der Waals surface area contributed by atoms with Crippen LogP contribution in [0, 0.1) is 6.92 Å². The number of hydrogen-bond acceptors (Lipinski definition) is 5. The maximum atomic E-state index is 6.61. The van der Waals surface area contributed by atoms with Crippen LogP contribution in [0.5, 0.6) is 0 Å². The molecule has 0 bridgehead atoms. The number of anilines is 1. The van der Waals surface area contributed by atoms with E-state index in [1.54, 1.807) is 0 Å². The molecule has 1 fully saturated rings. The van der Waals surface area contributed by atoms with Crippen LogP contribution >= 0.6 is 11.6 Å². The second kappa shape index (κ2) is 8.25. The van der Waals surface area contributed by atoms with Crippen molar-refractivity contribution >= 4 is 17.5 Å². The zero-order chi connectivity index (χ0) is 19.4. The van der Waals surface area contributed by atoms with Gasteiger partial charge in [-0.1, -0.05) is 29.8 Å². The average molecular weight is 394 g/mol. The Morgan fingerprint density at radius 2 is 1.86 bits per heavy atom. The molecule has 0 atom stereocenters. The lowest BCUT2D eigenvalue weighted by atomic mass is 9.70. The molecule has 1 aromatic carbocycles. The van der Waals surface area contributed by atoms with Crippen molar-refractivity contribution in [2.45, 2.75) is 31.7 Å². The first-order valence-corrected chi connectivity index (χ1v) is 10.00. The summed E-state index contributed by atoms with van der Waals surface area (Å²) in [6.45, 7) is 4.53. The van der Waals surface area contributed by atoms with E-state index in [1.807, 2.05) is 43.6 Å². The van der Waals surface area contributed by atoms with Crippen molar-refractivity contribution in [3.8, 4) is 0 Å². The number of nitrogens with one attached hydrogen (secondary N) is 2. The molecule has 0 saturated carbocycles. The van der Waals surface area contributed by atoms with Crippen LogP contribution in [0.4, 0.5) is 5.95 Å². The highest BCUT2D eigenvalue weighted by atomic mass is 35.5. The van der Waals surface area contributed by atoms with Gasteiger partial charge >= 0.3 is 0 Å². The summed E-state index contributed by atoms with van der Waals surface area (Å²) in [6.07, 6.45) is 5.57. The molecule has 0 radical (unpaired) electrons. The van der Waals surface area contributed by atoms with Gasteiger partial charge in [-0.05, 0) is 68.2 Å². The first-order chi connectivity index (χ1) is 13.7. The topological polar surface area (TPSA) is 62.7 Å². The standard InChI is InChI=1S/C22H24ClN5/c1-16-14-17(6-10-25-16)15-27-21-26-11-7-20(28-21)22(8-12-24-13-9-22)18-4-2-3-5-19(18)23/h2-7,10-11,14,24H,8-9,12-13,15H2,1H3,(H,26,27,28). The second-order valence-electron chi connectivity index (χ2n) is 7.24. The largest absolute Gasteiger partial charge is 0.350 e. The third kappa shape index (κ3) is 3.86. The van der Waals surface area contributed by atoms with Crippen molar-refractivity contribution in [3.63, 3.8) is 0 Å². The zero-order valence-corrected chi connectivity index (χ0v) is 16.7. The van der Waals surface area contributed by atoms with Gasteiger partial charge in [0.15, 0.2) is 0 Å². The summed E-state index contributed by atoms with van der Waals surface area (Å²) in [5.74, 6) is 0.636. The molecular weight excluding hydrogens is 370 g/mol. The molecule has 3 aromatic rings. The predicted octanol–water partition coefficient (Wildman–Crippen LogP) is 4.12. The third-order valence-corrected chi connectivity index (χ3v) is 5.73. The molecule has 4 rings (SSSR count). The van der Waals surface area contributed by atoms with E-state index in [2.05, 4.69) is 38.8 Å². The van der Waals surface area contributed by atoms with Gasteiger partial charge in [-0.25, -0.2) is 9.97 Å². The quantitative estimate of drug-likeness (QED) is 0.682. The van der Waals surface area contributed by atoms with Crippen molar-refractivity contribution in [3.05, 3.63) is 82.4 Å². The third-order valence-electron chi connectivity index (χ3n) is 5.40. The molecule has 0 spiro atoms. The summed E-state index contributed by atoms with van der Waals surface area (Å²) in [7, 11) is 0. The van der Waals surface area contributed by atoms with Crippen molar-refractivity contribution < 1.29 is 0 Å². The number of hydrogen-bond donors (Lipinski definition) is 2. The lowest BCUT2D eigenvalue weighted by molar-refractivity contribution is 0.354. The first-order valence-electron chi connectivity index (χ1n) is 9.62. The van der Waals surface area contributed by atoms with E-state index in [0.717, 1.165) is 53.5 Å². The summed E-state index contributed by atoms with van der Waals surface area (Å²) in [5, 5.41) is 7.61. The van der Waals surface area contributed by atoms with Gasteiger partial charge in [0, 0.05) is 35.1 Å². The number of piperidine rings is 1. The van der Waals surface area contributed by atoms with Gasteiger partial charge in [0.25, 0.3) is 0 Å². The fourth-order valence-corrected chi connectivity index (χ4v) is 4.29. The molecule has 0 amide bonds. The molecular formula is C22H24ClN5. The Morgan fingerprint density at radius 1 is 1.07 bits per heavy atom. The van der Waals surface area contributed by atoms with Crippen molar-refractivity contribution in [2.24, 2.45) is 0 Å². The van der Waals surface area contributed by atoms with Crippen LogP contribution in [-0.4, -0.2) is 28.0 Å². The highest BCUT2D eigenvalue weighted by molar-refractivity contribution is 6.31. The molecule has 3 heterocycles. The SMILES string of the molecule is Cc1cc(CNc2nccc(C3(c4ccccc4Cl)CCNCC3)n2)ccn1. The number of halogens is 1. The summed E-state index contributed by atoms with van der Waals surface area (Å²) < 4.78 is 0. The van der Waals surface area contributed by atoms with Crippen molar-refractivity contribution in [2.75, 3.05) is 18.4 Å². The predicted molar refractivity (Wildman–Crippen MR) is 113 cm³/mol. The van der Waals surface area contributed by atoms with Crippen LogP contribution in [0.1, 0.15) is 35.4 Å². The average Bonchev–Trinajstić information content (AvgIpc) is 2.73. The van der Waals surface area contributed by atoms with Crippen molar-refractivity contribution in [1.82, 2.24) is 20.3 Å². The fourth-order valence-electron chi connectivity index (χ4n) is 3.97. The van der Waals surface area contributed by atoms with Crippen LogP contribution in [0.2, 0.25) is 5.02 Å². The van der Waals surface area contributed by atoms with Gasteiger partial charge in [0.1, 0.15) is 0 Å². The highest BCUT2D eigenvalue weighted by Crippen LogP contribution is 2.42. The lowest BCUT2D eigenvalue weighted by Gasteiger charge is -2.38. The molecule has 6 heteroatoms. The number of benzene rings is 1. The van der Waals surface area contributed by atoms with Crippen LogP contribution in [-0.2, 0) is 12.0 Å².